The lowest BCUT2D eigenvalue weighted by Gasteiger charge is -2.08. The average Bonchev–Trinajstić information content (AvgIpc) is 3.00. The fourth-order valence-electron chi connectivity index (χ4n) is 2.21. The van der Waals surface area contributed by atoms with Crippen LogP contribution in [0.25, 0.3) is 0 Å². The highest BCUT2D eigenvalue weighted by Crippen LogP contribution is 2.26. The second-order valence-corrected chi connectivity index (χ2v) is 4.39. The Morgan fingerprint density at radius 3 is 3.11 bits per heavy atom. The predicted octanol–water partition coefficient (Wildman–Crippen LogP) is 2.09. The summed E-state index contributed by atoms with van der Waals surface area (Å²) >= 11 is 0. The van der Waals surface area contributed by atoms with Crippen molar-refractivity contribution in [2.45, 2.75) is 19.4 Å². The molecule has 0 saturated heterocycles. The van der Waals surface area contributed by atoms with Crippen LogP contribution in [-0.4, -0.2) is 21.9 Å². The first kappa shape index (κ1) is 11.0. The van der Waals surface area contributed by atoms with Gasteiger partial charge in [0.05, 0.1) is 12.9 Å². The highest BCUT2D eigenvalue weighted by atomic mass is 16.5. The van der Waals surface area contributed by atoms with E-state index in [4.69, 9.17) is 4.74 Å². The fourth-order valence-corrected chi connectivity index (χ4v) is 2.21. The van der Waals surface area contributed by atoms with E-state index in [1.165, 1.54) is 0 Å². The largest absolute Gasteiger partial charge is 0.492 e. The molecule has 0 saturated carbocycles. The molecule has 3 rings (SSSR count). The molecule has 18 heavy (non-hydrogen) atoms. The number of hydrogen-bond donors (Lipinski definition) is 0. The molecule has 0 radical (unpaired) electrons. The lowest BCUT2D eigenvalue weighted by molar-refractivity contribution is 0.0994. The Kier molecular flexibility index (Phi) is 2.84. The second kappa shape index (κ2) is 4.64. The smallest absolute Gasteiger partial charge is 0.163 e. The van der Waals surface area contributed by atoms with Crippen molar-refractivity contribution < 1.29 is 9.53 Å². The first-order valence-corrected chi connectivity index (χ1v) is 6.07. The summed E-state index contributed by atoms with van der Waals surface area (Å²) in [6.07, 6.45) is 6.90. The first-order chi connectivity index (χ1) is 8.83. The zero-order valence-corrected chi connectivity index (χ0v) is 10.0. The Labute approximate surface area is 105 Å². The summed E-state index contributed by atoms with van der Waals surface area (Å²) in [7, 11) is 0. The average molecular weight is 242 g/mol. The SMILES string of the molecule is O=C1CCc2cc(OCCn3ccnc3)ccc21. The summed E-state index contributed by atoms with van der Waals surface area (Å²) in [5.41, 5.74) is 1.97. The number of carbonyl (C=O) groups is 1. The molecule has 1 aliphatic carbocycles. The molecular formula is C14H14N2O2. The van der Waals surface area contributed by atoms with E-state index in [1.54, 1.807) is 12.5 Å². The first-order valence-electron chi connectivity index (χ1n) is 6.07. The van der Waals surface area contributed by atoms with E-state index in [-0.39, 0.29) is 5.78 Å². The van der Waals surface area contributed by atoms with Crippen molar-refractivity contribution in [2.75, 3.05) is 6.61 Å². The zero-order chi connectivity index (χ0) is 12.4. The molecule has 0 fully saturated rings. The lowest BCUT2D eigenvalue weighted by Crippen LogP contribution is -2.06. The summed E-state index contributed by atoms with van der Waals surface area (Å²) in [5.74, 6) is 1.08. The molecule has 4 heteroatoms. The van der Waals surface area contributed by atoms with Gasteiger partial charge in [-0.05, 0) is 30.2 Å². The van der Waals surface area contributed by atoms with Gasteiger partial charge >= 0.3 is 0 Å². The summed E-state index contributed by atoms with van der Waals surface area (Å²) in [6, 6.07) is 5.72. The van der Waals surface area contributed by atoms with Crippen LogP contribution < -0.4 is 4.74 Å². The Hall–Kier alpha value is -2.10. The number of imidazole rings is 1. The molecule has 0 aliphatic heterocycles. The van der Waals surface area contributed by atoms with Gasteiger partial charge in [-0.1, -0.05) is 0 Å². The summed E-state index contributed by atoms with van der Waals surface area (Å²) in [4.78, 5) is 15.5. The fraction of sp³-hybridized carbons (Fsp3) is 0.286. The second-order valence-electron chi connectivity index (χ2n) is 4.39. The molecule has 1 aromatic heterocycles. The van der Waals surface area contributed by atoms with Gasteiger partial charge in [0.25, 0.3) is 0 Å². The number of ether oxygens (including phenoxy) is 1. The van der Waals surface area contributed by atoms with Gasteiger partial charge in [-0.25, -0.2) is 4.98 Å². The van der Waals surface area contributed by atoms with Crippen molar-refractivity contribution in [1.82, 2.24) is 9.55 Å². The third-order valence-electron chi connectivity index (χ3n) is 3.18. The van der Waals surface area contributed by atoms with Crippen molar-refractivity contribution >= 4 is 5.78 Å². The van der Waals surface area contributed by atoms with Crippen LogP contribution in [0.1, 0.15) is 22.3 Å². The molecule has 2 aromatic rings. The van der Waals surface area contributed by atoms with Crippen molar-refractivity contribution in [3.63, 3.8) is 0 Å². The molecule has 0 spiro atoms. The highest BCUT2D eigenvalue weighted by molar-refractivity contribution is 6.00. The van der Waals surface area contributed by atoms with E-state index in [0.29, 0.717) is 13.0 Å². The third kappa shape index (κ3) is 2.14. The maximum Gasteiger partial charge on any atom is 0.163 e. The van der Waals surface area contributed by atoms with Gasteiger partial charge < -0.3 is 9.30 Å². The minimum atomic E-state index is 0.245. The normalized spacial score (nSPS) is 13.7. The number of aryl methyl sites for hydroxylation is 1. The maximum atomic E-state index is 11.5. The number of nitrogens with zero attached hydrogens (tertiary/aromatic N) is 2. The van der Waals surface area contributed by atoms with E-state index in [2.05, 4.69) is 4.98 Å². The Balaban J connectivity index is 1.62. The molecule has 0 amide bonds. The standard InChI is InChI=1S/C14H14N2O2/c17-14-4-1-11-9-12(2-3-13(11)14)18-8-7-16-6-5-15-10-16/h2-3,5-6,9-10H,1,4,7-8H2. The number of fused-ring (bicyclic) bond motifs is 1. The van der Waals surface area contributed by atoms with Crippen LogP contribution in [0.5, 0.6) is 5.75 Å². The molecular weight excluding hydrogens is 228 g/mol. The summed E-state index contributed by atoms with van der Waals surface area (Å²) in [5, 5.41) is 0. The minimum Gasteiger partial charge on any atom is -0.492 e. The molecule has 0 bridgehead atoms. The minimum absolute atomic E-state index is 0.245. The summed E-state index contributed by atoms with van der Waals surface area (Å²) < 4.78 is 7.65. The number of aromatic nitrogens is 2. The van der Waals surface area contributed by atoms with Crippen molar-refractivity contribution in [3.8, 4) is 5.75 Å². The monoisotopic (exact) mass is 242 g/mol. The van der Waals surface area contributed by atoms with Gasteiger partial charge in [-0.2, -0.15) is 0 Å². The van der Waals surface area contributed by atoms with Gasteiger partial charge in [0, 0.05) is 24.4 Å². The van der Waals surface area contributed by atoms with Crippen LogP contribution in [0.4, 0.5) is 0 Å². The molecule has 0 N–H and O–H groups in total. The van der Waals surface area contributed by atoms with Crippen molar-refractivity contribution in [1.29, 1.82) is 0 Å². The number of hydrogen-bond acceptors (Lipinski definition) is 3. The number of benzene rings is 1. The van der Waals surface area contributed by atoms with Gasteiger partial charge in [0.2, 0.25) is 0 Å². The maximum absolute atomic E-state index is 11.5. The molecule has 0 atom stereocenters. The van der Waals surface area contributed by atoms with Crippen LogP contribution in [0.15, 0.2) is 36.9 Å². The lowest BCUT2D eigenvalue weighted by atomic mass is 10.1. The third-order valence-corrected chi connectivity index (χ3v) is 3.18. The number of rotatable bonds is 4. The molecule has 0 unspecified atom stereocenters. The topological polar surface area (TPSA) is 44.1 Å². The van der Waals surface area contributed by atoms with Gasteiger partial charge in [0.15, 0.2) is 5.78 Å². The molecule has 92 valence electrons. The quantitative estimate of drug-likeness (QED) is 0.824. The number of Topliss-reactive ketones (excluding diaryl/α,β-unsaturated/α-hetero) is 1. The Morgan fingerprint density at radius 2 is 2.28 bits per heavy atom. The molecule has 1 aliphatic rings. The molecule has 1 heterocycles. The van der Waals surface area contributed by atoms with Crippen LogP contribution in [0.3, 0.4) is 0 Å². The van der Waals surface area contributed by atoms with Crippen molar-refractivity contribution in [3.05, 3.63) is 48.0 Å². The Morgan fingerprint density at radius 1 is 1.33 bits per heavy atom. The van der Waals surface area contributed by atoms with Crippen molar-refractivity contribution in [2.24, 2.45) is 0 Å². The Bertz CT molecular complexity index is 561. The van der Waals surface area contributed by atoms with Gasteiger partial charge in [-0.3, -0.25) is 4.79 Å². The van der Waals surface area contributed by atoms with E-state index >= 15 is 0 Å². The van der Waals surface area contributed by atoms with E-state index < -0.39 is 0 Å². The van der Waals surface area contributed by atoms with E-state index in [1.807, 2.05) is 29.0 Å². The number of ketones is 1. The van der Waals surface area contributed by atoms with Crippen LogP contribution >= 0.6 is 0 Å². The predicted molar refractivity (Wildman–Crippen MR) is 66.8 cm³/mol. The van der Waals surface area contributed by atoms with Crippen LogP contribution in [-0.2, 0) is 13.0 Å². The zero-order valence-electron chi connectivity index (χ0n) is 10.0. The van der Waals surface area contributed by atoms with Crippen LogP contribution in [0, 0.1) is 0 Å². The number of carbonyl (C=O) groups excluding carboxylic acids is 1. The molecule has 4 nitrogen and oxygen atoms in total. The van der Waals surface area contributed by atoms with E-state index in [0.717, 1.165) is 29.8 Å². The molecule has 1 aromatic carbocycles. The van der Waals surface area contributed by atoms with Crippen LogP contribution in [0.2, 0.25) is 0 Å². The van der Waals surface area contributed by atoms with Gasteiger partial charge in [0.1, 0.15) is 12.4 Å². The van der Waals surface area contributed by atoms with E-state index in [9.17, 15) is 4.79 Å². The highest BCUT2D eigenvalue weighted by Gasteiger charge is 2.19. The summed E-state index contributed by atoms with van der Waals surface area (Å²) in [6.45, 7) is 1.37. The van der Waals surface area contributed by atoms with Gasteiger partial charge in [-0.15, -0.1) is 0 Å².